The molecule has 1 heterocycles. The van der Waals surface area contributed by atoms with E-state index in [0.29, 0.717) is 28.8 Å². The second-order valence-corrected chi connectivity index (χ2v) is 9.48. The number of carbonyl (C=O) groups excluding carboxylic acids is 1. The van der Waals surface area contributed by atoms with Crippen LogP contribution in [-0.2, 0) is 0 Å². The third-order valence-electron chi connectivity index (χ3n) is 6.46. The molecule has 1 aromatic heterocycles. The van der Waals surface area contributed by atoms with E-state index in [4.69, 9.17) is 10.7 Å². The average Bonchev–Trinajstić information content (AvgIpc) is 2.72. The Labute approximate surface area is 185 Å². The van der Waals surface area contributed by atoms with Crippen LogP contribution in [0, 0.1) is 11.3 Å². The fourth-order valence-corrected chi connectivity index (χ4v) is 4.08. The van der Waals surface area contributed by atoms with Gasteiger partial charge in [0.15, 0.2) is 0 Å². The van der Waals surface area contributed by atoms with Gasteiger partial charge in [-0.15, -0.1) is 0 Å². The predicted octanol–water partition coefficient (Wildman–Crippen LogP) is 5.05. The summed E-state index contributed by atoms with van der Waals surface area (Å²) in [6.45, 7) is 15.1. The van der Waals surface area contributed by atoms with Crippen LogP contribution in [0.15, 0.2) is 42.6 Å². The highest BCUT2D eigenvalue weighted by Crippen LogP contribution is 2.42. The zero-order valence-electron chi connectivity index (χ0n) is 19.3. The maximum absolute atomic E-state index is 12.9. The number of rotatable bonds is 6. The van der Waals surface area contributed by atoms with Crippen molar-refractivity contribution < 1.29 is 4.79 Å². The fourth-order valence-electron chi connectivity index (χ4n) is 4.08. The summed E-state index contributed by atoms with van der Waals surface area (Å²) < 4.78 is 0. The van der Waals surface area contributed by atoms with Crippen LogP contribution in [-0.4, -0.2) is 28.0 Å². The van der Waals surface area contributed by atoms with Crippen molar-refractivity contribution in [3.8, 4) is 11.3 Å². The minimum absolute atomic E-state index is 0.0713. The van der Waals surface area contributed by atoms with Gasteiger partial charge in [-0.1, -0.05) is 52.0 Å². The first-order valence-electron chi connectivity index (χ1n) is 11.1. The van der Waals surface area contributed by atoms with Gasteiger partial charge in [-0.2, -0.15) is 0 Å². The molecule has 1 amide bonds. The molecule has 1 fully saturated rings. The molecule has 1 aliphatic carbocycles. The molecule has 0 bridgehead atoms. The number of aromatic nitrogens is 2. The van der Waals surface area contributed by atoms with E-state index in [1.807, 2.05) is 38.1 Å². The SMILES string of the molecule is C=C1CC(Nc2ncc(C(=O)NC(C)CC)c(-c3ccc(N)cc3)n2)C(C)CC1(C)C. The maximum Gasteiger partial charge on any atom is 0.255 e. The lowest BCUT2D eigenvalue weighted by atomic mass is 9.68. The molecule has 0 aliphatic heterocycles. The Morgan fingerprint density at radius 1 is 1.32 bits per heavy atom. The predicted molar refractivity (Wildman–Crippen MR) is 128 cm³/mol. The van der Waals surface area contributed by atoms with Gasteiger partial charge in [-0.25, -0.2) is 9.97 Å². The van der Waals surface area contributed by atoms with E-state index in [0.717, 1.165) is 24.8 Å². The number of hydrogen-bond donors (Lipinski definition) is 3. The van der Waals surface area contributed by atoms with Gasteiger partial charge in [0.05, 0.1) is 11.3 Å². The van der Waals surface area contributed by atoms with E-state index < -0.39 is 0 Å². The summed E-state index contributed by atoms with van der Waals surface area (Å²) in [7, 11) is 0. The van der Waals surface area contributed by atoms with Gasteiger partial charge >= 0.3 is 0 Å². The summed E-state index contributed by atoms with van der Waals surface area (Å²) in [6, 6.07) is 7.68. The second-order valence-electron chi connectivity index (χ2n) is 9.48. The van der Waals surface area contributed by atoms with Gasteiger partial charge < -0.3 is 16.4 Å². The third-order valence-corrected chi connectivity index (χ3v) is 6.46. The van der Waals surface area contributed by atoms with Crippen LogP contribution in [0.2, 0.25) is 0 Å². The van der Waals surface area contributed by atoms with E-state index in [-0.39, 0.29) is 23.4 Å². The Hall–Kier alpha value is -2.89. The Morgan fingerprint density at radius 3 is 2.65 bits per heavy atom. The van der Waals surface area contributed by atoms with Crippen LogP contribution >= 0.6 is 0 Å². The molecular weight excluding hydrogens is 386 g/mol. The molecule has 6 heteroatoms. The van der Waals surface area contributed by atoms with Crippen LogP contribution in [0.3, 0.4) is 0 Å². The molecule has 1 saturated carbocycles. The molecule has 4 N–H and O–H groups in total. The summed E-state index contributed by atoms with van der Waals surface area (Å²) in [5.74, 6) is 0.808. The van der Waals surface area contributed by atoms with Crippen LogP contribution in [0.25, 0.3) is 11.3 Å². The number of benzene rings is 1. The van der Waals surface area contributed by atoms with Crippen molar-refractivity contribution in [3.05, 3.63) is 48.2 Å². The minimum Gasteiger partial charge on any atom is -0.399 e. The number of anilines is 2. The molecule has 0 radical (unpaired) electrons. The Balaban J connectivity index is 1.92. The van der Waals surface area contributed by atoms with Crippen LogP contribution in [0.5, 0.6) is 0 Å². The number of nitrogen functional groups attached to an aromatic ring is 1. The molecule has 1 aliphatic rings. The summed E-state index contributed by atoms with van der Waals surface area (Å²) in [5.41, 5.74) is 9.79. The van der Waals surface area contributed by atoms with Gasteiger partial charge in [-0.05, 0) is 49.7 Å². The highest BCUT2D eigenvalue weighted by Gasteiger charge is 2.35. The van der Waals surface area contributed by atoms with Crippen molar-refractivity contribution in [3.63, 3.8) is 0 Å². The average molecular weight is 422 g/mol. The standard InChI is InChI=1S/C25H35N5O/c1-7-17(4)28-23(31)20-14-27-24(30-22(20)18-8-10-19(26)11-9-18)29-21-12-16(3)25(5,6)13-15(21)2/h8-11,14-15,17,21H,3,7,12-13,26H2,1-2,4-6H3,(H,28,31)(H,27,29,30). The van der Waals surface area contributed by atoms with Crippen LogP contribution in [0.1, 0.15) is 64.2 Å². The Morgan fingerprint density at radius 2 is 2.00 bits per heavy atom. The zero-order chi connectivity index (χ0) is 22.8. The molecule has 2 aromatic rings. The monoisotopic (exact) mass is 421 g/mol. The van der Waals surface area contributed by atoms with Crippen molar-refractivity contribution in [2.24, 2.45) is 11.3 Å². The zero-order valence-corrected chi connectivity index (χ0v) is 19.3. The first-order chi connectivity index (χ1) is 14.6. The molecule has 3 rings (SSSR count). The fraction of sp³-hybridized carbons (Fsp3) is 0.480. The van der Waals surface area contributed by atoms with Crippen molar-refractivity contribution >= 4 is 17.5 Å². The van der Waals surface area contributed by atoms with Crippen LogP contribution in [0.4, 0.5) is 11.6 Å². The van der Waals surface area contributed by atoms with Gasteiger partial charge in [0.25, 0.3) is 5.91 Å². The molecule has 0 spiro atoms. The first-order valence-corrected chi connectivity index (χ1v) is 11.1. The Bertz CT molecular complexity index is 951. The van der Waals surface area contributed by atoms with Gasteiger partial charge in [-0.3, -0.25) is 4.79 Å². The molecule has 3 unspecified atom stereocenters. The number of carbonyl (C=O) groups is 1. The van der Waals surface area contributed by atoms with Gasteiger partial charge in [0.2, 0.25) is 5.95 Å². The quantitative estimate of drug-likeness (QED) is 0.448. The van der Waals surface area contributed by atoms with E-state index in [2.05, 4.69) is 43.0 Å². The van der Waals surface area contributed by atoms with Crippen molar-refractivity contribution in [1.29, 1.82) is 0 Å². The van der Waals surface area contributed by atoms with Crippen molar-refractivity contribution in [1.82, 2.24) is 15.3 Å². The lowest BCUT2D eigenvalue weighted by Crippen LogP contribution is -2.38. The summed E-state index contributed by atoms with van der Waals surface area (Å²) >= 11 is 0. The van der Waals surface area contributed by atoms with Gasteiger partial charge in [0, 0.05) is 29.5 Å². The molecule has 166 valence electrons. The molecular formula is C25H35N5O. The summed E-state index contributed by atoms with van der Waals surface area (Å²) in [4.78, 5) is 22.1. The minimum atomic E-state index is -0.172. The number of hydrogen-bond acceptors (Lipinski definition) is 5. The molecule has 6 nitrogen and oxygen atoms in total. The van der Waals surface area contributed by atoms with Crippen molar-refractivity contribution in [2.75, 3.05) is 11.1 Å². The molecule has 31 heavy (non-hydrogen) atoms. The highest BCUT2D eigenvalue weighted by atomic mass is 16.1. The lowest BCUT2D eigenvalue weighted by Gasteiger charge is -2.41. The second kappa shape index (κ2) is 9.08. The van der Waals surface area contributed by atoms with Crippen LogP contribution < -0.4 is 16.4 Å². The molecule has 1 aromatic carbocycles. The molecule has 0 saturated heterocycles. The first kappa shape index (κ1) is 22.8. The lowest BCUT2D eigenvalue weighted by molar-refractivity contribution is 0.0939. The van der Waals surface area contributed by atoms with E-state index >= 15 is 0 Å². The third kappa shape index (κ3) is 5.24. The highest BCUT2D eigenvalue weighted by molar-refractivity contribution is 6.00. The summed E-state index contributed by atoms with van der Waals surface area (Å²) in [5, 5.41) is 6.51. The Kier molecular flexibility index (Phi) is 6.68. The number of nitrogens with zero attached hydrogens (tertiary/aromatic N) is 2. The van der Waals surface area contributed by atoms with E-state index in [9.17, 15) is 4.79 Å². The number of amides is 1. The van der Waals surface area contributed by atoms with E-state index in [1.54, 1.807) is 6.20 Å². The van der Waals surface area contributed by atoms with Crippen molar-refractivity contribution in [2.45, 2.75) is 66.0 Å². The maximum atomic E-state index is 12.9. The van der Waals surface area contributed by atoms with E-state index in [1.165, 1.54) is 5.57 Å². The number of nitrogens with two attached hydrogens (primary N) is 1. The van der Waals surface area contributed by atoms with Gasteiger partial charge in [0.1, 0.15) is 0 Å². The summed E-state index contributed by atoms with van der Waals surface area (Å²) in [6.07, 6.45) is 4.41. The normalized spacial score (nSPS) is 21.4. The number of nitrogens with one attached hydrogen (secondary N) is 2. The largest absolute Gasteiger partial charge is 0.399 e. The smallest absolute Gasteiger partial charge is 0.255 e. The molecule has 3 atom stereocenters. The topological polar surface area (TPSA) is 92.9 Å².